The standard InChI is InChI=1S/C16H21N5O2/c1-12-4-2-3-5-15(12)18-16(22)10-23-14-8-6-13(7-9-14)21-11-17-19-20-21/h6-9,11-12,15H,2-5,10H2,1H3,(H,18,22)/t12-,15+/m0/s1. The number of carbonyl (C=O) groups excluding carboxylic acids is 1. The van der Waals surface area contributed by atoms with Crippen molar-refractivity contribution >= 4 is 5.91 Å². The van der Waals surface area contributed by atoms with Crippen LogP contribution in [-0.2, 0) is 4.79 Å². The molecule has 0 unspecified atom stereocenters. The van der Waals surface area contributed by atoms with Crippen LogP contribution in [0.4, 0.5) is 0 Å². The van der Waals surface area contributed by atoms with Crippen LogP contribution in [0.3, 0.4) is 0 Å². The molecule has 1 heterocycles. The van der Waals surface area contributed by atoms with Crippen LogP contribution in [0.5, 0.6) is 5.75 Å². The van der Waals surface area contributed by atoms with Crippen LogP contribution in [-0.4, -0.2) is 38.8 Å². The predicted molar refractivity (Wildman–Crippen MR) is 84.2 cm³/mol. The van der Waals surface area contributed by atoms with Crippen molar-refractivity contribution in [3.8, 4) is 11.4 Å². The zero-order valence-electron chi connectivity index (χ0n) is 13.2. The van der Waals surface area contributed by atoms with Crippen molar-refractivity contribution in [2.45, 2.75) is 38.6 Å². The minimum Gasteiger partial charge on any atom is -0.484 e. The van der Waals surface area contributed by atoms with Crippen molar-refractivity contribution in [3.63, 3.8) is 0 Å². The number of tetrazole rings is 1. The average Bonchev–Trinajstić information content (AvgIpc) is 3.10. The topological polar surface area (TPSA) is 81.9 Å². The van der Waals surface area contributed by atoms with Crippen LogP contribution >= 0.6 is 0 Å². The lowest BCUT2D eigenvalue weighted by Gasteiger charge is -2.29. The Morgan fingerprint density at radius 2 is 2.09 bits per heavy atom. The maximum atomic E-state index is 12.0. The van der Waals surface area contributed by atoms with Gasteiger partial charge in [-0.2, -0.15) is 0 Å². The molecule has 0 spiro atoms. The minimum atomic E-state index is -0.0618. The van der Waals surface area contributed by atoms with E-state index < -0.39 is 0 Å². The summed E-state index contributed by atoms with van der Waals surface area (Å²) < 4.78 is 7.10. The molecule has 2 aromatic rings. The molecule has 0 saturated heterocycles. The molecular formula is C16H21N5O2. The lowest BCUT2D eigenvalue weighted by atomic mass is 9.86. The van der Waals surface area contributed by atoms with Crippen molar-refractivity contribution in [2.24, 2.45) is 5.92 Å². The summed E-state index contributed by atoms with van der Waals surface area (Å²) in [5, 5.41) is 14.1. The molecule has 1 aliphatic carbocycles. The molecule has 1 amide bonds. The molecule has 1 aliphatic rings. The number of rotatable bonds is 5. The van der Waals surface area contributed by atoms with Crippen LogP contribution in [0.15, 0.2) is 30.6 Å². The van der Waals surface area contributed by atoms with Crippen LogP contribution in [0.1, 0.15) is 32.6 Å². The van der Waals surface area contributed by atoms with E-state index in [2.05, 4.69) is 27.8 Å². The van der Waals surface area contributed by atoms with E-state index in [1.165, 1.54) is 25.6 Å². The molecule has 3 rings (SSSR count). The second-order valence-corrected chi connectivity index (χ2v) is 5.97. The third-order valence-electron chi connectivity index (χ3n) is 4.28. The van der Waals surface area contributed by atoms with Crippen LogP contribution in [0.25, 0.3) is 5.69 Å². The number of ether oxygens (including phenoxy) is 1. The van der Waals surface area contributed by atoms with E-state index >= 15 is 0 Å². The van der Waals surface area contributed by atoms with Gasteiger partial charge in [0.1, 0.15) is 12.1 Å². The van der Waals surface area contributed by atoms with Crippen molar-refractivity contribution in [3.05, 3.63) is 30.6 Å². The summed E-state index contributed by atoms with van der Waals surface area (Å²) in [4.78, 5) is 12.0. The molecule has 2 atom stereocenters. The number of carbonyl (C=O) groups is 1. The molecule has 0 radical (unpaired) electrons. The Balaban J connectivity index is 1.49. The first kappa shape index (κ1) is 15.5. The van der Waals surface area contributed by atoms with Gasteiger partial charge in [-0.15, -0.1) is 5.10 Å². The molecule has 23 heavy (non-hydrogen) atoms. The van der Waals surface area contributed by atoms with Gasteiger partial charge < -0.3 is 10.1 Å². The fraction of sp³-hybridized carbons (Fsp3) is 0.500. The number of hydrogen-bond acceptors (Lipinski definition) is 5. The normalized spacial score (nSPS) is 20.9. The smallest absolute Gasteiger partial charge is 0.258 e. The number of benzene rings is 1. The first-order chi connectivity index (χ1) is 11.2. The predicted octanol–water partition coefficient (Wildman–Crippen LogP) is 1.74. The molecule has 1 saturated carbocycles. The number of aromatic nitrogens is 4. The van der Waals surface area contributed by atoms with Gasteiger partial charge in [0.25, 0.3) is 5.91 Å². The van der Waals surface area contributed by atoms with E-state index in [9.17, 15) is 4.79 Å². The van der Waals surface area contributed by atoms with Gasteiger partial charge in [0, 0.05) is 6.04 Å². The Bertz CT molecular complexity index is 626. The Kier molecular flexibility index (Phi) is 4.85. The van der Waals surface area contributed by atoms with Crippen molar-refractivity contribution < 1.29 is 9.53 Å². The first-order valence-corrected chi connectivity index (χ1v) is 7.98. The Hall–Kier alpha value is -2.44. The van der Waals surface area contributed by atoms with Crippen LogP contribution < -0.4 is 10.1 Å². The fourth-order valence-corrected chi connectivity index (χ4v) is 2.90. The summed E-state index contributed by atoms with van der Waals surface area (Å²) >= 11 is 0. The van der Waals surface area contributed by atoms with E-state index in [0.717, 1.165) is 12.1 Å². The minimum absolute atomic E-state index is 0.0352. The zero-order valence-corrected chi connectivity index (χ0v) is 13.2. The van der Waals surface area contributed by atoms with Gasteiger partial charge in [0.2, 0.25) is 0 Å². The summed E-state index contributed by atoms with van der Waals surface area (Å²) in [5.74, 6) is 1.13. The summed E-state index contributed by atoms with van der Waals surface area (Å²) in [7, 11) is 0. The maximum absolute atomic E-state index is 12.0. The Morgan fingerprint density at radius 1 is 1.30 bits per heavy atom. The lowest BCUT2D eigenvalue weighted by molar-refractivity contribution is -0.124. The van der Waals surface area contributed by atoms with Gasteiger partial charge in [-0.25, -0.2) is 4.68 Å². The number of hydrogen-bond donors (Lipinski definition) is 1. The van der Waals surface area contributed by atoms with Gasteiger partial charge in [0.05, 0.1) is 5.69 Å². The third kappa shape index (κ3) is 4.06. The molecule has 122 valence electrons. The Morgan fingerprint density at radius 3 is 2.78 bits per heavy atom. The lowest BCUT2D eigenvalue weighted by Crippen LogP contribution is -2.43. The molecular weight excluding hydrogens is 294 g/mol. The second kappa shape index (κ2) is 7.21. The monoisotopic (exact) mass is 315 g/mol. The van der Waals surface area contributed by atoms with Crippen molar-refractivity contribution in [2.75, 3.05) is 6.61 Å². The van der Waals surface area contributed by atoms with E-state index in [1.54, 1.807) is 16.8 Å². The number of nitrogens with zero attached hydrogens (tertiary/aromatic N) is 4. The highest BCUT2D eigenvalue weighted by atomic mass is 16.5. The number of amides is 1. The highest BCUT2D eigenvalue weighted by molar-refractivity contribution is 5.77. The van der Waals surface area contributed by atoms with E-state index in [-0.39, 0.29) is 18.6 Å². The molecule has 1 fully saturated rings. The second-order valence-electron chi connectivity index (χ2n) is 5.97. The summed E-state index contributed by atoms with van der Waals surface area (Å²) in [6.45, 7) is 2.23. The summed E-state index contributed by atoms with van der Waals surface area (Å²) in [6, 6.07) is 7.56. The maximum Gasteiger partial charge on any atom is 0.258 e. The van der Waals surface area contributed by atoms with E-state index in [4.69, 9.17) is 4.74 Å². The zero-order chi connectivity index (χ0) is 16.1. The largest absolute Gasteiger partial charge is 0.484 e. The Labute approximate surface area is 135 Å². The molecule has 7 heteroatoms. The first-order valence-electron chi connectivity index (χ1n) is 7.98. The number of nitrogens with one attached hydrogen (secondary N) is 1. The highest BCUT2D eigenvalue weighted by Crippen LogP contribution is 2.23. The molecule has 1 aromatic heterocycles. The summed E-state index contributed by atoms with van der Waals surface area (Å²) in [5.41, 5.74) is 0.836. The van der Waals surface area contributed by atoms with E-state index in [0.29, 0.717) is 11.7 Å². The SMILES string of the molecule is C[C@H]1CCCC[C@H]1NC(=O)COc1ccc(-n2cnnn2)cc1. The van der Waals surface area contributed by atoms with Gasteiger partial charge in [0.15, 0.2) is 6.61 Å². The van der Waals surface area contributed by atoms with Crippen LogP contribution in [0, 0.1) is 5.92 Å². The van der Waals surface area contributed by atoms with Crippen molar-refractivity contribution in [1.82, 2.24) is 25.5 Å². The highest BCUT2D eigenvalue weighted by Gasteiger charge is 2.22. The molecule has 7 nitrogen and oxygen atoms in total. The molecule has 1 N–H and O–H groups in total. The van der Waals surface area contributed by atoms with Crippen molar-refractivity contribution in [1.29, 1.82) is 0 Å². The molecule has 1 aromatic carbocycles. The van der Waals surface area contributed by atoms with Gasteiger partial charge in [-0.1, -0.05) is 19.8 Å². The third-order valence-corrected chi connectivity index (χ3v) is 4.28. The molecule has 0 bridgehead atoms. The fourth-order valence-electron chi connectivity index (χ4n) is 2.90. The van der Waals surface area contributed by atoms with Gasteiger partial charge in [-0.05, 0) is 53.5 Å². The van der Waals surface area contributed by atoms with E-state index in [1.807, 2.05) is 12.1 Å². The quantitative estimate of drug-likeness (QED) is 0.909. The molecule has 0 aliphatic heterocycles. The van der Waals surface area contributed by atoms with Gasteiger partial charge >= 0.3 is 0 Å². The average molecular weight is 315 g/mol. The summed E-state index contributed by atoms with van der Waals surface area (Å²) in [6.07, 6.45) is 6.22. The van der Waals surface area contributed by atoms with Gasteiger partial charge in [-0.3, -0.25) is 4.79 Å². The van der Waals surface area contributed by atoms with Crippen LogP contribution in [0.2, 0.25) is 0 Å².